The lowest BCUT2D eigenvalue weighted by molar-refractivity contribution is -0.138. The van der Waals surface area contributed by atoms with Crippen LogP contribution in [-0.2, 0) is 28.7 Å². The maximum Gasteiger partial charge on any atom is 0.330 e. The SMILES string of the molecule is C=CC(=O)OCCCCOc1ccc(/C=C/c2ccc(NC(=O)C(=O)Nc3ccc(/C=C/c4ccc(OCCCCOC(=O)C=C)cc4)c(Br)c3)cc2)cc1. The lowest BCUT2D eigenvalue weighted by atomic mass is 10.1. The van der Waals surface area contributed by atoms with Gasteiger partial charge in [0.2, 0.25) is 0 Å². The number of hydrogen-bond donors (Lipinski definition) is 2. The molecule has 0 saturated heterocycles. The van der Waals surface area contributed by atoms with E-state index in [-0.39, 0.29) is 0 Å². The number of benzene rings is 4. The average Bonchev–Trinajstić information content (AvgIpc) is 3.20. The first-order valence-corrected chi connectivity index (χ1v) is 18.4. The lowest BCUT2D eigenvalue weighted by Gasteiger charge is -2.09. The van der Waals surface area contributed by atoms with Crippen molar-refractivity contribution in [3.05, 3.63) is 143 Å². The van der Waals surface area contributed by atoms with Crippen LogP contribution in [0.5, 0.6) is 11.5 Å². The van der Waals surface area contributed by atoms with Gasteiger partial charge >= 0.3 is 23.8 Å². The number of amides is 2. The largest absolute Gasteiger partial charge is 0.494 e. The first-order valence-electron chi connectivity index (χ1n) is 17.6. The van der Waals surface area contributed by atoms with E-state index in [9.17, 15) is 19.2 Å². The van der Waals surface area contributed by atoms with Crippen LogP contribution in [0.1, 0.15) is 47.9 Å². The highest BCUT2D eigenvalue weighted by Gasteiger charge is 2.14. The van der Waals surface area contributed by atoms with Gasteiger partial charge < -0.3 is 29.6 Å². The number of rotatable bonds is 20. The predicted molar refractivity (Wildman–Crippen MR) is 220 cm³/mol. The molecule has 0 radical (unpaired) electrons. The smallest absolute Gasteiger partial charge is 0.330 e. The van der Waals surface area contributed by atoms with Gasteiger partial charge in [-0.3, -0.25) is 9.59 Å². The number of ether oxygens (including phenoxy) is 4. The van der Waals surface area contributed by atoms with Crippen molar-refractivity contribution in [3.8, 4) is 11.5 Å². The molecule has 0 aromatic heterocycles. The Labute approximate surface area is 329 Å². The van der Waals surface area contributed by atoms with Crippen molar-refractivity contribution in [2.24, 2.45) is 0 Å². The van der Waals surface area contributed by atoms with Gasteiger partial charge in [-0.1, -0.05) is 95.9 Å². The molecule has 0 aliphatic rings. The van der Waals surface area contributed by atoms with Gasteiger partial charge in [-0.15, -0.1) is 0 Å². The summed E-state index contributed by atoms with van der Waals surface area (Å²) >= 11 is 3.55. The fourth-order valence-electron chi connectivity index (χ4n) is 4.77. The van der Waals surface area contributed by atoms with Crippen molar-refractivity contribution >= 4 is 75.4 Å². The highest BCUT2D eigenvalue weighted by molar-refractivity contribution is 9.10. The molecular formula is C44H43BrN2O8. The quantitative estimate of drug-likeness (QED) is 0.0298. The standard InChI is InChI=1S/C44H43BrN2O8/c1-3-41(48)54-29-7-5-27-52-38-23-14-33(15-24-38)10-9-32-12-20-36(21-13-32)46-43(50)44(51)47-37-22-19-35(40(45)31-37)18-11-34-16-25-39(26-17-34)53-28-6-8-30-55-42(49)4-2/h3-4,9-26,31H,1-2,5-8,27-30H2,(H,46,50)(H,47,51)/b10-9+,18-11+. The molecule has 2 amide bonds. The minimum Gasteiger partial charge on any atom is -0.494 e. The maximum atomic E-state index is 12.7. The molecule has 0 heterocycles. The number of unbranched alkanes of at least 4 members (excludes halogenated alkanes) is 2. The van der Waals surface area contributed by atoms with Gasteiger partial charge in [-0.2, -0.15) is 0 Å². The van der Waals surface area contributed by atoms with Crippen LogP contribution in [-0.4, -0.2) is 50.2 Å². The molecule has 55 heavy (non-hydrogen) atoms. The number of hydrogen-bond acceptors (Lipinski definition) is 8. The van der Waals surface area contributed by atoms with Gasteiger partial charge in [0, 0.05) is 28.0 Å². The molecule has 11 heteroatoms. The van der Waals surface area contributed by atoms with Crippen molar-refractivity contribution in [1.29, 1.82) is 0 Å². The number of carbonyl (C=O) groups excluding carboxylic acids is 4. The van der Waals surface area contributed by atoms with Gasteiger partial charge in [0.25, 0.3) is 0 Å². The van der Waals surface area contributed by atoms with Gasteiger partial charge in [-0.05, 0) is 96.5 Å². The third kappa shape index (κ3) is 15.4. The molecule has 0 aliphatic heterocycles. The van der Waals surface area contributed by atoms with Gasteiger partial charge in [0.05, 0.1) is 26.4 Å². The van der Waals surface area contributed by atoms with E-state index in [1.54, 1.807) is 24.3 Å². The van der Waals surface area contributed by atoms with Crippen LogP contribution in [0.3, 0.4) is 0 Å². The summed E-state index contributed by atoms with van der Waals surface area (Å²) in [4.78, 5) is 47.4. The molecule has 0 atom stereocenters. The molecule has 4 aromatic rings. The molecule has 10 nitrogen and oxygen atoms in total. The van der Waals surface area contributed by atoms with E-state index in [2.05, 4.69) is 39.7 Å². The van der Waals surface area contributed by atoms with E-state index in [1.165, 1.54) is 0 Å². The van der Waals surface area contributed by atoms with Crippen molar-refractivity contribution < 1.29 is 38.1 Å². The van der Waals surface area contributed by atoms with Gasteiger partial charge in [-0.25, -0.2) is 9.59 Å². The summed E-state index contributed by atoms with van der Waals surface area (Å²) in [6, 6.07) is 27.8. The molecule has 0 aliphatic carbocycles. The Bertz CT molecular complexity index is 1970. The average molecular weight is 808 g/mol. The topological polar surface area (TPSA) is 129 Å². The Hall–Kier alpha value is -6.20. The fraction of sp³-hybridized carbons (Fsp3) is 0.182. The molecule has 0 spiro atoms. The normalized spacial score (nSPS) is 10.8. The number of anilines is 2. The van der Waals surface area contributed by atoms with Crippen LogP contribution in [0.25, 0.3) is 24.3 Å². The Morgan fingerprint density at radius 2 is 0.927 bits per heavy atom. The van der Waals surface area contributed by atoms with Crippen LogP contribution in [0.15, 0.2) is 121 Å². The van der Waals surface area contributed by atoms with E-state index in [1.807, 2.05) is 91.0 Å². The summed E-state index contributed by atoms with van der Waals surface area (Å²) in [5, 5.41) is 5.27. The second-order valence-electron chi connectivity index (χ2n) is 11.9. The van der Waals surface area contributed by atoms with Gasteiger partial charge in [0.1, 0.15) is 11.5 Å². The monoisotopic (exact) mass is 806 g/mol. The second-order valence-corrected chi connectivity index (χ2v) is 12.8. The summed E-state index contributed by atoms with van der Waals surface area (Å²) in [5.41, 5.74) is 4.71. The highest BCUT2D eigenvalue weighted by Crippen LogP contribution is 2.24. The Morgan fingerprint density at radius 1 is 0.527 bits per heavy atom. The fourth-order valence-corrected chi connectivity index (χ4v) is 5.28. The third-order valence-corrected chi connectivity index (χ3v) is 8.44. The van der Waals surface area contributed by atoms with Crippen LogP contribution in [0, 0.1) is 0 Å². The molecule has 0 fully saturated rings. The number of carbonyl (C=O) groups is 4. The zero-order valence-corrected chi connectivity index (χ0v) is 31.9. The molecule has 4 rings (SSSR count). The van der Waals surface area contributed by atoms with Crippen molar-refractivity contribution in [2.45, 2.75) is 25.7 Å². The van der Waals surface area contributed by atoms with E-state index >= 15 is 0 Å². The molecule has 4 aromatic carbocycles. The van der Waals surface area contributed by atoms with Crippen molar-refractivity contribution in [2.75, 3.05) is 37.1 Å². The van der Waals surface area contributed by atoms with E-state index in [0.29, 0.717) is 50.6 Å². The molecular weight excluding hydrogens is 764 g/mol. The van der Waals surface area contributed by atoms with E-state index in [4.69, 9.17) is 18.9 Å². The Balaban J connectivity index is 1.17. The first-order chi connectivity index (χ1) is 26.7. The zero-order chi connectivity index (χ0) is 39.3. The van der Waals surface area contributed by atoms with Crippen LogP contribution in [0.2, 0.25) is 0 Å². The molecule has 284 valence electrons. The molecule has 2 N–H and O–H groups in total. The van der Waals surface area contributed by atoms with Crippen LogP contribution < -0.4 is 20.1 Å². The number of esters is 2. The molecule has 0 unspecified atom stereocenters. The Morgan fingerprint density at radius 3 is 1.38 bits per heavy atom. The number of nitrogens with one attached hydrogen (secondary N) is 2. The summed E-state index contributed by atoms with van der Waals surface area (Å²) in [6.07, 6.45) is 13.0. The summed E-state index contributed by atoms with van der Waals surface area (Å²) in [5.74, 6) is -0.924. The van der Waals surface area contributed by atoms with E-state index in [0.717, 1.165) is 63.2 Å². The maximum absolute atomic E-state index is 12.7. The summed E-state index contributed by atoms with van der Waals surface area (Å²) < 4.78 is 22.1. The summed E-state index contributed by atoms with van der Waals surface area (Å²) in [7, 11) is 0. The third-order valence-electron chi connectivity index (χ3n) is 7.75. The Kier molecular flexibility index (Phi) is 17.2. The summed E-state index contributed by atoms with van der Waals surface area (Å²) in [6.45, 7) is 8.45. The minimum atomic E-state index is -0.793. The van der Waals surface area contributed by atoms with Crippen LogP contribution >= 0.6 is 15.9 Å². The van der Waals surface area contributed by atoms with Crippen molar-refractivity contribution in [3.63, 3.8) is 0 Å². The lowest BCUT2D eigenvalue weighted by Crippen LogP contribution is -2.29. The van der Waals surface area contributed by atoms with Crippen molar-refractivity contribution in [1.82, 2.24) is 0 Å². The second kappa shape index (κ2) is 22.8. The highest BCUT2D eigenvalue weighted by atomic mass is 79.9. The van der Waals surface area contributed by atoms with E-state index < -0.39 is 23.8 Å². The van der Waals surface area contributed by atoms with Gasteiger partial charge in [0.15, 0.2) is 0 Å². The first kappa shape index (κ1) is 41.6. The van der Waals surface area contributed by atoms with Crippen LogP contribution in [0.4, 0.5) is 11.4 Å². The number of halogens is 1. The molecule has 0 bridgehead atoms. The predicted octanol–water partition coefficient (Wildman–Crippen LogP) is 9.14. The molecule has 0 saturated carbocycles. The minimum absolute atomic E-state index is 0.338. The zero-order valence-electron chi connectivity index (χ0n) is 30.3.